The van der Waals surface area contributed by atoms with Gasteiger partial charge in [0.05, 0.1) is 16.5 Å². The number of aromatic nitrogens is 1. The van der Waals surface area contributed by atoms with Crippen molar-refractivity contribution in [1.29, 1.82) is 5.26 Å². The summed E-state index contributed by atoms with van der Waals surface area (Å²) in [6.45, 7) is 2.01. The number of thiazole rings is 1. The van der Waals surface area contributed by atoms with Crippen molar-refractivity contribution in [3.63, 3.8) is 0 Å². The molecule has 0 aromatic carbocycles. The van der Waals surface area contributed by atoms with E-state index in [-0.39, 0.29) is 5.41 Å². The highest BCUT2D eigenvalue weighted by molar-refractivity contribution is 7.11. The lowest BCUT2D eigenvalue weighted by Crippen LogP contribution is -2.29. The quantitative estimate of drug-likeness (QED) is 0.722. The Morgan fingerprint density at radius 2 is 2.46 bits per heavy atom. The Hall–Kier alpha value is -0.880. The van der Waals surface area contributed by atoms with Gasteiger partial charge in [-0.05, 0) is 19.8 Å². The zero-order chi connectivity index (χ0) is 9.31. The zero-order valence-corrected chi connectivity index (χ0v) is 8.52. The first kappa shape index (κ1) is 8.71. The summed E-state index contributed by atoms with van der Waals surface area (Å²) < 4.78 is 0. The number of aryl methyl sites for hydroxylation is 1. The number of nitrogens with zero attached hydrogens (tertiary/aromatic N) is 2. The molecule has 1 aliphatic rings. The van der Waals surface area contributed by atoms with Crippen molar-refractivity contribution < 1.29 is 0 Å². The molecule has 0 atom stereocenters. The van der Waals surface area contributed by atoms with Crippen molar-refractivity contribution in [2.45, 2.75) is 32.6 Å². The fourth-order valence-corrected chi connectivity index (χ4v) is 2.69. The molecule has 0 radical (unpaired) electrons. The van der Waals surface area contributed by atoms with Gasteiger partial charge in [-0.1, -0.05) is 6.42 Å². The molecule has 0 saturated heterocycles. The molecule has 0 amide bonds. The van der Waals surface area contributed by atoms with Crippen LogP contribution in [0, 0.1) is 23.7 Å². The highest BCUT2D eigenvalue weighted by Gasteiger charge is 2.37. The van der Waals surface area contributed by atoms with E-state index < -0.39 is 0 Å². The molecule has 1 fully saturated rings. The third-order valence-corrected chi connectivity index (χ3v) is 3.64. The number of hydrogen-bond acceptors (Lipinski definition) is 3. The first-order valence-corrected chi connectivity index (χ1v) is 5.38. The lowest BCUT2D eigenvalue weighted by atomic mass is 9.68. The van der Waals surface area contributed by atoms with E-state index in [0.29, 0.717) is 0 Å². The maximum Gasteiger partial charge on any atom is 0.0896 e. The summed E-state index contributed by atoms with van der Waals surface area (Å²) in [6, 6.07) is 2.45. The molecule has 1 heterocycles. The Kier molecular flexibility index (Phi) is 2.09. The largest absolute Gasteiger partial charge is 0.250 e. The highest BCUT2D eigenvalue weighted by Crippen LogP contribution is 2.43. The fourth-order valence-electron chi connectivity index (χ4n) is 1.75. The SMILES string of the molecule is Cc1ncc(CC2(C#N)CCC2)s1. The van der Waals surface area contributed by atoms with Crippen LogP contribution in [0.3, 0.4) is 0 Å². The number of nitriles is 1. The van der Waals surface area contributed by atoms with Crippen LogP contribution in [0.15, 0.2) is 6.20 Å². The van der Waals surface area contributed by atoms with Crippen LogP contribution >= 0.6 is 11.3 Å². The second-order valence-corrected chi connectivity index (χ2v) is 5.09. The summed E-state index contributed by atoms with van der Waals surface area (Å²) in [7, 11) is 0. The fraction of sp³-hybridized carbons (Fsp3) is 0.600. The molecule has 0 unspecified atom stereocenters. The van der Waals surface area contributed by atoms with E-state index in [0.717, 1.165) is 24.3 Å². The van der Waals surface area contributed by atoms with Crippen molar-refractivity contribution in [1.82, 2.24) is 4.98 Å². The molecule has 2 nitrogen and oxygen atoms in total. The summed E-state index contributed by atoms with van der Waals surface area (Å²) in [5.41, 5.74) is -0.0427. The Morgan fingerprint density at radius 3 is 2.85 bits per heavy atom. The standard InChI is InChI=1S/C10H12N2S/c1-8-12-6-9(13-8)5-10(7-11)3-2-4-10/h6H,2-5H2,1H3. The lowest BCUT2D eigenvalue weighted by molar-refractivity contribution is 0.215. The Bertz CT molecular complexity index is 344. The van der Waals surface area contributed by atoms with Crippen molar-refractivity contribution in [2.75, 3.05) is 0 Å². The normalized spacial score (nSPS) is 19.1. The van der Waals surface area contributed by atoms with Crippen LogP contribution in [-0.2, 0) is 6.42 Å². The maximum atomic E-state index is 9.04. The summed E-state index contributed by atoms with van der Waals surface area (Å²) in [5.74, 6) is 0. The van der Waals surface area contributed by atoms with Gasteiger partial charge in [-0.3, -0.25) is 0 Å². The van der Waals surface area contributed by atoms with E-state index in [1.165, 1.54) is 11.3 Å². The molecule has 1 aromatic rings. The van der Waals surface area contributed by atoms with Crippen LogP contribution in [0.5, 0.6) is 0 Å². The van der Waals surface area contributed by atoms with Crippen molar-refractivity contribution in [2.24, 2.45) is 5.41 Å². The molecule has 3 heteroatoms. The molecule has 68 valence electrons. The number of rotatable bonds is 2. The molecule has 2 rings (SSSR count). The van der Waals surface area contributed by atoms with Crippen LogP contribution in [0.2, 0.25) is 0 Å². The highest BCUT2D eigenvalue weighted by atomic mass is 32.1. The first-order chi connectivity index (χ1) is 6.24. The minimum atomic E-state index is -0.0427. The Morgan fingerprint density at radius 1 is 1.69 bits per heavy atom. The van der Waals surface area contributed by atoms with Crippen LogP contribution in [0.25, 0.3) is 0 Å². The van der Waals surface area contributed by atoms with Crippen molar-refractivity contribution in [3.8, 4) is 6.07 Å². The molecule has 1 aliphatic carbocycles. The van der Waals surface area contributed by atoms with Gasteiger partial charge in [0.25, 0.3) is 0 Å². The third kappa shape index (κ3) is 1.59. The van der Waals surface area contributed by atoms with Gasteiger partial charge >= 0.3 is 0 Å². The van der Waals surface area contributed by atoms with Gasteiger partial charge in [-0.2, -0.15) is 5.26 Å². The van der Waals surface area contributed by atoms with Gasteiger partial charge in [0, 0.05) is 17.5 Å². The van der Waals surface area contributed by atoms with Gasteiger partial charge in [-0.25, -0.2) is 4.98 Å². The molecule has 1 saturated carbocycles. The lowest BCUT2D eigenvalue weighted by Gasteiger charge is -2.34. The molecular formula is C10H12N2S. The summed E-state index contributed by atoms with van der Waals surface area (Å²) in [5, 5.41) is 10.1. The van der Waals surface area contributed by atoms with Crippen LogP contribution < -0.4 is 0 Å². The van der Waals surface area contributed by atoms with Gasteiger partial charge in [0.15, 0.2) is 0 Å². The Labute approximate surface area is 82.2 Å². The second kappa shape index (κ2) is 3.12. The molecule has 0 aliphatic heterocycles. The van der Waals surface area contributed by atoms with E-state index in [2.05, 4.69) is 11.1 Å². The zero-order valence-electron chi connectivity index (χ0n) is 7.71. The molecule has 13 heavy (non-hydrogen) atoms. The minimum Gasteiger partial charge on any atom is -0.250 e. The predicted molar refractivity (Wildman–Crippen MR) is 52.5 cm³/mol. The smallest absolute Gasteiger partial charge is 0.0896 e. The molecule has 1 aromatic heterocycles. The van der Waals surface area contributed by atoms with Gasteiger partial charge in [0.2, 0.25) is 0 Å². The average Bonchev–Trinajstić information content (AvgIpc) is 2.44. The summed E-state index contributed by atoms with van der Waals surface area (Å²) in [4.78, 5) is 5.47. The van der Waals surface area contributed by atoms with E-state index >= 15 is 0 Å². The van der Waals surface area contributed by atoms with E-state index in [4.69, 9.17) is 5.26 Å². The van der Waals surface area contributed by atoms with Crippen LogP contribution in [-0.4, -0.2) is 4.98 Å². The summed E-state index contributed by atoms with van der Waals surface area (Å²) >= 11 is 1.72. The first-order valence-electron chi connectivity index (χ1n) is 4.57. The molecule has 0 N–H and O–H groups in total. The summed E-state index contributed by atoms with van der Waals surface area (Å²) in [6.07, 6.45) is 6.18. The van der Waals surface area contributed by atoms with Crippen molar-refractivity contribution in [3.05, 3.63) is 16.1 Å². The average molecular weight is 192 g/mol. The van der Waals surface area contributed by atoms with Crippen molar-refractivity contribution >= 4 is 11.3 Å². The van der Waals surface area contributed by atoms with E-state index in [9.17, 15) is 0 Å². The maximum absolute atomic E-state index is 9.04. The van der Waals surface area contributed by atoms with Gasteiger partial charge in [0.1, 0.15) is 0 Å². The van der Waals surface area contributed by atoms with Gasteiger partial charge < -0.3 is 0 Å². The van der Waals surface area contributed by atoms with E-state index in [1.54, 1.807) is 11.3 Å². The van der Waals surface area contributed by atoms with Crippen LogP contribution in [0.1, 0.15) is 29.1 Å². The molecule has 0 bridgehead atoms. The second-order valence-electron chi connectivity index (χ2n) is 3.77. The van der Waals surface area contributed by atoms with Gasteiger partial charge in [-0.15, -0.1) is 11.3 Å². The Balaban J connectivity index is 2.09. The third-order valence-electron chi connectivity index (χ3n) is 2.73. The molecule has 0 spiro atoms. The predicted octanol–water partition coefficient (Wildman–Crippen LogP) is 2.69. The molecular weight excluding hydrogens is 180 g/mol. The number of hydrogen-bond donors (Lipinski definition) is 0. The van der Waals surface area contributed by atoms with Crippen LogP contribution in [0.4, 0.5) is 0 Å². The monoisotopic (exact) mass is 192 g/mol. The van der Waals surface area contributed by atoms with E-state index in [1.807, 2.05) is 13.1 Å². The minimum absolute atomic E-state index is 0.0427. The topological polar surface area (TPSA) is 36.7 Å².